The van der Waals surface area contributed by atoms with Crippen LogP contribution in [0.3, 0.4) is 0 Å². The van der Waals surface area contributed by atoms with Gasteiger partial charge in [-0.2, -0.15) is 0 Å². The summed E-state index contributed by atoms with van der Waals surface area (Å²) in [6, 6.07) is 8.46. The first kappa shape index (κ1) is 7.42. The second-order valence-electron chi connectivity index (χ2n) is 1.96. The average molecular weight is 245 g/mol. The number of hydrogen-bond acceptors (Lipinski definition) is 0. The van der Waals surface area contributed by atoms with Gasteiger partial charge in [0.25, 0.3) is 0 Å². The molecule has 1 aromatic rings. The van der Waals surface area contributed by atoms with E-state index in [2.05, 4.69) is 31.2 Å². The number of hydrogen-bond donors (Lipinski definition) is 0. The zero-order valence-electron chi connectivity index (χ0n) is 5.19. The second kappa shape index (κ2) is 3.47. The van der Waals surface area contributed by atoms with Crippen LogP contribution in [0.15, 0.2) is 24.3 Å². The predicted octanol–water partition coefficient (Wildman–Crippen LogP) is 1.48. The van der Waals surface area contributed by atoms with E-state index < -0.39 is 20.0 Å². The van der Waals surface area contributed by atoms with Crippen LogP contribution in [0.2, 0.25) is 0 Å². The van der Waals surface area contributed by atoms with E-state index in [1.165, 1.54) is 9.14 Å². The Labute approximate surface area is 69.2 Å². The molecular formula is C7H7ClSn. The molecule has 0 nitrogen and oxygen atoms in total. The number of benzene rings is 1. The van der Waals surface area contributed by atoms with Gasteiger partial charge in [-0.3, -0.25) is 0 Å². The molecule has 0 spiro atoms. The van der Waals surface area contributed by atoms with Crippen molar-refractivity contribution in [2.24, 2.45) is 0 Å². The molecule has 0 atom stereocenters. The Hall–Kier alpha value is 0.309. The molecule has 0 aliphatic rings. The van der Waals surface area contributed by atoms with Crippen molar-refractivity contribution in [3.05, 3.63) is 29.8 Å². The van der Waals surface area contributed by atoms with Crippen LogP contribution in [0, 0.1) is 6.92 Å². The van der Waals surface area contributed by atoms with Crippen LogP contribution in [0.5, 0.6) is 0 Å². The molecule has 0 fully saturated rings. The normalized spacial score (nSPS) is 9.56. The summed E-state index contributed by atoms with van der Waals surface area (Å²) in [6.45, 7) is 2.09. The zero-order valence-corrected chi connectivity index (χ0v) is 8.80. The zero-order chi connectivity index (χ0) is 6.69. The topological polar surface area (TPSA) is 0 Å². The van der Waals surface area contributed by atoms with E-state index in [-0.39, 0.29) is 0 Å². The fourth-order valence-corrected chi connectivity index (χ4v) is 2.30. The van der Waals surface area contributed by atoms with Crippen LogP contribution in [0.1, 0.15) is 5.56 Å². The van der Waals surface area contributed by atoms with Gasteiger partial charge in [-0.15, -0.1) is 0 Å². The summed E-state index contributed by atoms with van der Waals surface area (Å²) in [5, 5.41) is 0. The Balaban J connectivity index is 2.88. The van der Waals surface area contributed by atoms with Gasteiger partial charge in [0.2, 0.25) is 0 Å². The summed E-state index contributed by atoms with van der Waals surface area (Å²) in [6.07, 6.45) is 0. The molecule has 0 amide bonds. The first-order chi connectivity index (χ1) is 4.33. The summed E-state index contributed by atoms with van der Waals surface area (Å²) >= 11 is -0.691. The van der Waals surface area contributed by atoms with Gasteiger partial charge in [0.1, 0.15) is 0 Å². The molecule has 0 unspecified atom stereocenters. The number of halogens is 1. The van der Waals surface area contributed by atoms with Gasteiger partial charge in [-0.25, -0.2) is 0 Å². The van der Waals surface area contributed by atoms with E-state index in [1.807, 2.05) is 0 Å². The monoisotopic (exact) mass is 246 g/mol. The van der Waals surface area contributed by atoms with E-state index in [0.717, 1.165) is 0 Å². The first-order valence-electron chi connectivity index (χ1n) is 2.76. The summed E-state index contributed by atoms with van der Waals surface area (Å²) in [4.78, 5) is 0. The van der Waals surface area contributed by atoms with Crippen molar-refractivity contribution in [2.45, 2.75) is 6.92 Å². The van der Waals surface area contributed by atoms with Gasteiger partial charge in [0.05, 0.1) is 0 Å². The van der Waals surface area contributed by atoms with Gasteiger partial charge in [-0.1, -0.05) is 0 Å². The molecule has 0 saturated heterocycles. The Kier molecular flexibility index (Phi) is 2.86. The SMILES string of the molecule is Cc1cc[c]([Sn][Cl])cc1. The van der Waals surface area contributed by atoms with Crippen molar-refractivity contribution < 1.29 is 0 Å². The minimum atomic E-state index is -0.691. The predicted molar refractivity (Wildman–Crippen MR) is 42.4 cm³/mol. The molecule has 9 heavy (non-hydrogen) atoms. The Morgan fingerprint density at radius 3 is 2.22 bits per heavy atom. The summed E-state index contributed by atoms with van der Waals surface area (Å²) in [5.41, 5.74) is 1.31. The third kappa shape index (κ3) is 2.18. The molecule has 0 bridgehead atoms. The molecule has 0 aromatic heterocycles. The third-order valence-corrected chi connectivity index (χ3v) is 4.20. The summed E-state index contributed by atoms with van der Waals surface area (Å²) in [5.74, 6) is 0. The van der Waals surface area contributed by atoms with Crippen molar-refractivity contribution in [3.8, 4) is 0 Å². The fraction of sp³-hybridized carbons (Fsp3) is 0.143. The summed E-state index contributed by atoms with van der Waals surface area (Å²) in [7, 11) is 5.75. The first-order valence-corrected chi connectivity index (χ1v) is 7.80. The van der Waals surface area contributed by atoms with Crippen LogP contribution in [-0.4, -0.2) is 20.0 Å². The molecule has 0 saturated carbocycles. The van der Waals surface area contributed by atoms with E-state index in [1.54, 1.807) is 0 Å². The van der Waals surface area contributed by atoms with E-state index >= 15 is 0 Å². The van der Waals surface area contributed by atoms with Crippen molar-refractivity contribution in [2.75, 3.05) is 0 Å². The van der Waals surface area contributed by atoms with Crippen molar-refractivity contribution in [1.29, 1.82) is 0 Å². The quantitative estimate of drug-likeness (QED) is 0.657. The number of rotatable bonds is 1. The Bertz CT molecular complexity index is 181. The van der Waals surface area contributed by atoms with Crippen LogP contribution < -0.4 is 3.58 Å². The summed E-state index contributed by atoms with van der Waals surface area (Å²) < 4.78 is 1.35. The molecule has 0 N–H and O–H groups in total. The van der Waals surface area contributed by atoms with Gasteiger partial charge in [0.15, 0.2) is 0 Å². The van der Waals surface area contributed by atoms with Gasteiger partial charge in [-0.05, 0) is 0 Å². The average Bonchev–Trinajstić information content (AvgIpc) is 1.90. The molecule has 1 rings (SSSR count). The van der Waals surface area contributed by atoms with Crippen LogP contribution in [0.25, 0.3) is 0 Å². The van der Waals surface area contributed by atoms with Crippen molar-refractivity contribution in [3.63, 3.8) is 0 Å². The molecule has 2 heteroatoms. The van der Waals surface area contributed by atoms with Crippen LogP contribution in [-0.2, 0) is 0 Å². The molecular weight excluding hydrogens is 238 g/mol. The maximum absolute atomic E-state index is 5.75. The maximum atomic E-state index is 5.75. The van der Waals surface area contributed by atoms with Crippen molar-refractivity contribution in [1.82, 2.24) is 0 Å². The molecule has 1 aromatic carbocycles. The standard InChI is InChI=1S/C7H7.ClH.Sn/c1-7-5-3-2-4-6-7;;/h3-6H,1H3;1H;/q;;+1/p-1. The van der Waals surface area contributed by atoms with Crippen LogP contribution in [0.4, 0.5) is 0 Å². The fourth-order valence-electron chi connectivity index (χ4n) is 0.617. The van der Waals surface area contributed by atoms with E-state index in [9.17, 15) is 0 Å². The Morgan fingerprint density at radius 2 is 1.78 bits per heavy atom. The number of aryl methyl sites for hydroxylation is 1. The minimum absolute atomic E-state index is 0.691. The van der Waals surface area contributed by atoms with Gasteiger partial charge < -0.3 is 0 Å². The Morgan fingerprint density at radius 1 is 1.22 bits per heavy atom. The van der Waals surface area contributed by atoms with E-state index in [0.29, 0.717) is 0 Å². The molecule has 46 valence electrons. The van der Waals surface area contributed by atoms with Gasteiger partial charge in [0, 0.05) is 0 Å². The van der Waals surface area contributed by atoms with Crippen LogP contribution >= 0.6 is 8.92 Å². The van der Waals surface area contributed by atoms with Crippen molar-refractivity contribution >= 4 is 32.5 Å². The molecule has 0 heterocycles. The van der Waals surface area contributed by atoms with E-state index in [4.69, 9.17) is 8.92 Å². The molecule has 2 radical (unpaired) electrons. The molecule has 0 aliphatic carbocycles. The third-order valence-electron chi connectivity index (χ3n) is 1.16. The second-order valence-corrected chi connectivity index (χ2v) is 5.42. The van der Waals surface area contributed by atoms with Gasteiger partial charge >= 0.3 is 69.3 Å². The molecule has 0 aliphatic heterocycles.